The summed E-state index contributed by atoms with van der Waals surface area (Å²) in [4.78, 5) is 26.7. The number of anilines is 1. The van der Waals surface area contributed by atoms with E-state index in [0.29, 0.717) is 6.04 Å². The third-order valence-corrected chi connectivity index (χ3v) is 4.16. The van der Waals surface area contributed by atoms with E-state index in [2.05, 4.69) is 25.2 Å². The van der Waals surface area contributed by atoms with Gasteiger partial charge in [-0.1, -0.05) is 0 Å². The molecule has 1 saturated heterocycles. The number of likely N-dealkylation sites (tertiary alicyclic amines) is 1. The Morgan fingerprint density at radius 1 is 1.22 bits per heavy atom. The van der Waals surface area contributed by atoms with E-state index in [-0.39, 0.29) is 5.56 Å². The van der Waals surface area contributed by atoms with Crippen LogP contribution in [0.3, 0.4) is 0 Å². The minimum absolute atomic E-state index is 0.00863. The van der Waals surface area contributed by atoms with Gasteiger partial charge in [0.25, 0.3) is 5.56 Å². The van der Waals surface area contributed by atoms with E-state index in [4.69, 9.17) is 0 Å². The number of aromatic nitrogens is 4. The van der Waals surface area contributed by atoms with Gasteiger partial charge < -0.3 is 9.88 Å². The van der Waals surface area contributed by atoms with Gasteiger partial charge in [0.2, 0.25) is 0 Å². The quantitative estimate of drug-likeness (QED) is 0.906. The van der Waals surface area contributed by atoms with Crippen LogP contribution in [0, 0.1) is 6.92 Å². The molecule has 0 aromatic carbocycles. The van der Waals surface area contributed by atoms with Gasteiger partial charge in [0.15, 0.2) is 0 Å². The van der Waals surface area contributed by atoms with Gasteiger partial charge in [-0.05, 0) is 19.8 Å². The molecule has 3 heterocycles. The van der Waals surface area contributed by atoms with Gasteiger partial charge in [0.05, 0.1) is 12.0 Å². The van der Waals surface area contributed by atoms with Crippen molar-refractivity contribution < 1.29 is 0 Å². The molecule has 7 heteroatoms. The predicted molar refractivity (Wildman–Crippen MR) is 88.2 cm³/mol. The van der Waals surface area contributed by atoms with Gasteiger partial charge in [0, 0.05) is 50.6 Å². The first-order valence-electron chi connectivity index (χ1n) is 7.89. The first-order chi connectivity index (χ1) is 11.1. The molecule has 0 amide bonds. The molecule has 0 unspecified atom stereocenters. The summed E-state index contributed by atoms with van der Waals surface area (Å²) in [6.07, 6.45) is 5.28. The summed E-state index contributed by atoms with van der Waals surface area (Å²) >= 11 is 0. The van der Waals surface area contributed by atoms with Crippen molar-refractivity contribution >= 4 is 5.82 Å². The molecular weight excluding hydrogens is 292 g/mol. The van der Waals surface area contributed by atoms with Crippen LogP contribution in [0.2, 0.25) is 0 Å². The largest absolute Gasteiger partial charge is 0.367 e. The monoisotopic (exact) mass is 314 g/mol. The molecule has 2 aromatic heterocycles. The minimum atomic E-state index is -0.00863. The average molecular weight is 314 g/mol. The number of nitrogens with one attached hydrogen (secondary N) is 1. The molecule has 1 aliphatic rings. The lowest BCUT2D eigenvalue weighted by Crippen LogP contribution is -2.39. The van der Waals surface area contributed by atoms with Gasteiger partial charge in [0.1, 0.15) is 12.1 Å². The van der Waals surface area contributed by atoms with Crippen molar-refractivity contribution in [1.82, 2.24) is 24.4 Å². The number of hydrogen-bond donors (Lipinski definition) is 1. The average Bonchev–Trinajstić information content (AvgIpc) is 2.53. The standard InChI is InChI=1S/C16H22N6O/c1-12-7-15(18-10-17-12)20-13-3-5-22(6-4-13)9-14-8-16(23)21(2)11-19-14/h7-8,10-11,13H,3-6,9H2,1-2H3,(H,17,18,20). The van der Waals surface area contributed by atoms with E-state index in [1.807, 2.05) is 13.0 Å². The number of piperidine rings is 1. The van der Waals surface area contributed by atoms with Crippen LogP contribution >= 0.6 is 0 Å². The second-order valence-electron chi connectivity index (χ2n) is 6.07. The number of aryl methyl sites for hydroxylation is 2. The summed E-state index contributed by atoms with van der Waals surface area (Å²) in [5.74, 6) is 0.893. The molecule has 0 aliphatic carbocycles. The van der Waals surface area contributed by atoms with Crippen LogP contribution in [0.15, 0.2) is 29.6 Å². The highest BCUT2D eigenvalue weighted by Crippen LogP contribution is 2.16. The van der Waals surface area contributed by atoms with Gasteiger partial charge in [-0.3, -0.25) is 9.69 Å². The fourth-order valence-electron chi connectivity index (χ4n) is 2.79. The number of hydrogen-bond acceptors (Lipinski definition) is 6. The Morgan fingerprint density at radius 3 is 2.70 bits per heavy atom. The fourth-order valence-corrected chi connectivity index (χ4v) is 2.79. The molecule has 0 radical (unpaired) electrons. The second kappa shape index (κ2) is 6.87. The van der Waals surface area contributed by atoms with E-state index in [1.165, 1.54) is 4.57 Å². The summed E-state index contributed by atoms with van der Waals surface area (Å²) in [6, 6.07) is 4.02. The van der Waals surface area contributed by atoms with Crippen molar-refractivity contribution in [3.63, 3.8) is 0 Å². The maximum absolute atomic E-state index is 11.6. The molecule has 3 rings (SSSR count). The molecule has 1 fully saturated rings. The summed E-state index contributed by atoms with van der Waals surface area (Å²) in [5.41, 5.74) is 1.80. The number of nitrogens with zero attached hydrogens (tertiary/aromatic N) is 5. The third kappa shape index (κ3) is 4.13. The highest BCUT2D eigenvalue weighted by atomic mass is 16.1. The Kier molecular flexibility index (Phi) is 4.66. The maximum Gasteiger partial charge on any atom is 0.253 e. The molecule has 0 atom stereocenters. The van der Waals surface area contributed by atoms with Crippen molar-refractivity contribution in [1.29, 1.82) is 0 Å². The van der Waals surface area contributed by atoms with E-state index in [9.17, 15) is 4.79 Å². The molecule has 122 valence electrons. The first-order valence-corrected chi connectivity index (χ1v) is 7.89. The summed E-state index contributed by atoms with van der Waals surface area (Å²) in [6.45, 7) is 4.67. The van der Waals surface area contributed by atoms with Gasteiger partial charge >= 0.3 is 0 Å². The molecule has 1 aliphatic heterocycles. The zero-order valence-corrected chi connectivity index (χ0v) is 13.6. The van der Waals surface area contributed by atoms with Gasteiger partial charge in [-0.2, -0.15) is 0 Å². The fraction of sp³-hybridized carbons (Fsp3) is 0.500. The number of rotatable bonds is 4. The summed E-state index contributed by atoms with van der Waals surface area (Å²) < 4.78 is 1.49. The highest BCUT2D eigenvalue weighted by molar-refractivity contribution is 5.35. The molecule has 0 bridgehead atoms. The molecule has 23 heavy (non-hydrogen) atoms. The maximum atomic E-state index is 11.6. The molecule has 7 nitrogen and oxygen atoms in total. The van der Waals surface area contributed by atoms with Crippen molar-refractivity contribution in [2.75, 3.05) is 18.4 Å². The van der Waals surface area contributed by atoms with Gasteiger partial charge in [-0.25, -0.2) is 15.0 Å². The topological polar surface area (TPSA) is 75.9 Å². The lowest BCUT2D eigenvalue weighted by molar-refractivity contribution is 0.208. The zero-order chi connectivity index (χ0) is 16.2. The van der Waals surface area contributed by atoms with Crippen molar-refractivity contribution in [2.45, 2.75) is 32.4 Å². The Hall–Kier alpha value is -2.28. The predicted octanol–water partition coefficient (Wildman–Crippen LogP) is 0.955. The molecule has 1 N–H and O–H groups in total. The van der Waals surface area contributed by atoms with Crippen molar-refractivity contribution in [3.05, 3.63) is 46.5 Å². The van der Waals surface area contributed by atoms with Crippen LogP contribution in [0.25, 0.3) is 0 Å². The summed E-state index contributed by atoms with van der Waals surface area (Å²) in [7, 11) is 1.71. The Bertz CT molecular complexity index is 721. The Morgan fingerprint density at radius 2 is 2.00 bits per heavy atom. The molecule has 0 spiro atoms. The molecular formula is C16H22N6O. The van der Waals surface area contributed by atoms with Crippen LogP contribution in [0.1, 0.15) is 24.2 Å². The zero-order valence-electron chi connectivity index (χ0n) is 13.6. The normalized spacial score (nSPS) is 16.4. The van der Waals surface area contributed by atoms with E-state index < -0.39 is 0 Å². The molecule has 0 saturated carbocycles. The van der Waals surface area contributed by atoms with Crippen molar-refractivity contribution in [3.8, 4) is 0 Å². The third-order valence-electron chi connectivity index (χ3n) is 4.16. The van der Waals surface area contributed by atoms with Crippen molar-refractivity contribution in [2.24, 2.45) is 7.05 Å². The second-order valence-corrected chi connectivity index (χ2v) is 6.07. The van der Waals surface area contributed by atoms with Crippen LogP contribution < -0.4 is 10.9 Å². The minimum Gasteiger partial charge on any atom is -0.367 e. The van der Waals surface area contributed by atoms with Crippen LogP contribution in [0.5, 0.6) is 0 Å². The van der Waals surface area contributed by atoms with Crippen LogP contribution in [-0.2, 0) is 13.6 Å². The lowest BCUT2D eigenvalue weighted by atomic mass is 10.0. The van der Waals surface area contributed by atoms with E-state index in [0.717, 1.165) is 49.7 Å². The van der Waals surface area contributed by atoms with Crippen LogP contribution in [-0.4, -0.2) is 43.6 Å². The smallest absolute Gasteiger partial charge is 0.253 e. The lowest BCUT2D eigenvalue weighted by Gasteiger charge is -2.32. The van der Waals surface area contributed by atoms with E-state index in [1.54, 1.807) is 25.8 Å². The Labute approximate surface area is 135 Å². The SMILES string of the molecule is Cc1cc(NC2CCN(Cc3cc(=O)n(C)cn3)CC2)ncn1. The Balaban J connectivity index is 1.52. The summed E-state index contributed by atoms with van der Waals surface area (Å²) in [5, 5.41) is 3.48. The highest BCUT2D eigenvalue weighted by Gasteiger charge is 2.20. The van der Waals surface area contributed by atoms with E-state index >= 15 is 0 Å². The first kappa shape index (κ1) is 15.6. The molecule has 2 aromatic rings. The van der Waals surface area contributed by atoms with Gasteiger partial charge in [-0.15, -0.1) is 0 Å². The van der Waals surface area contributed by atoms with Crippen LogP contribution in [0.4, 0.5) is 5.82 Å².